The first-order valence-corrected chi connectivity index (χ1v) is 16.2. The van der Waals surface area contributed by atoms with Crippen LogP contribution >= 0.6 is 0 Å². The second-order valence-corrected chi connectivity index (χ2v) is 15.4. The number of nitrogens with one attached hydrogen (secondary N) is 2. The zero-order chi connectivity index (χ0) is 32.8. The van der Waals surface area contributed by atoms with E-state index < -0.39 is 35.7 Å². The van der Waals surface area contributed by atoms with Gasteiger partial charge in [-0.2, -0.15) is 0 Å². The van der Waals surface area contributed by atoms with Crippen LogP contribution in [0.4, 0.5) is 4.79 Å². The van der Waals surface area contributed by atoms with Crippen LogP contribution in [0.15, 0.2) is 24.3 Å². The molecule has 0 aromatic heterocycles. The standard InChI is InChI=1S/C34H48N4O7/c1-31(2,3)45-30(44)36-34-19-33(20-34,21-34)17-24(29(42)43)35-28(41)25-16-22-10-6-7-11-23(22)18-37(25)26(39)12-13-27(40)38-15-9-8-14-32(38,4)5/h6-7,10-11,24-25H,8-9,12-21H2,1-5H3,(H,35,41)(H,36,44)(H,42,43). The van der Waals surface area contributed by atoms with Crippen LogP contribution in [0.2, 0.25) is 0 Å². The van der Waals surface area contributed by atoms with Crippen LogP contribution in [0.25, 0.3) is 0 Å². The van der Waals surface area contributed by atoms with Crippen molar-refractivity contribution in [3.63, 3.8) is 0 Å². The molecule has 4 amide bonds. The second-order valence-electron chi connectivity index (χ2n) is 15.4. The number of piperidine rings is 1. The van der Waals surface area contributed by atoms with Crippen molar-refractivity contribution in [3.05, 3.63) is 35.4 Å². The molecule has 11 nitrogen and oxygen atoms in total. The minimum Gasteiger partial charge on any atom is -0.480 e. The average Bonchev–Trinajstić information content (AvgIpc) is 2.91. The number of rotatable bonds is 9. The highest BCUT2D eigenvalue weighted by Gasteiger charge is 2.69. The molecule has 3 N–H and O–H groups in total. The smallest absolute Gasteiger partial charge is 0.408 e. The highest BCUT2D eigenvalue weighted by atomic mass is 16.6. The van der Waals surface area contributed by atoms with Gasteiger partial charge in [-0.05, 0) is 96.1 Å². The van der Waals surface area contributed by atoms with Gasteiger partial charge in [0.2, 0.25) is 17.7 Å². The van der Waals surface area contributed by atoms with E-state index in [9.17, 15) is 29.1 Å². The molecule has 4 fully saturated rings. The molecule has 1 aromatic rings. The van der Waals surface area contributed by atoms with Crippen LogP contribution < -0.4 is 10.6 Å². The number of aliphatic carboxylic acids is 1. The van der Waals surface area contributed by atoms with Gasteiger partial charge in [0, 0.05) is 43.4 Å². The molecule has 6 rings (SSSR count). The maximum Gasteiger partial charge on any atom is 0.408 e. The number of ether oxygens (including phenoxy) is 1. The monoisotopic (exact) mass is 624 g/mol. The quantitative estimate of drug-likeness (QED) is 0.378. The predicted octanol–water partition coefficient (Wildman–Crippen LogP) is 3.92. The Balaban J connectivity index is 1.22. The second kappa shape index (κ2) is 11.9. The Morgan fingerprint density at radius 1 is 1.00 bits per heavy atom. The summed E-state index contributed by atoms with van der Waals surface area (Å²) in [6.07, 6.45) is 4.89. The number of amides is 4. The van der Waals surface area contributed by atoms with Gasteiger partial charge in [-0.15, -0.1) is 0 Å². The third kappa shape index (κ3) is 7.12. The molecule has 1 saturated heterocycles. The van der Waals surface area contributed by atoms with Crippen LogP contribution in [0, 0.1) is 5.41 Å². The lowest BCUT2D eigenvalue weighted by molar-refractivity contribution is -0.170. The molecule has 2 atom stereocenters. The summed E-state index contributed by atoms with van der Waals surface area (Å²) in [5.41, 5.74) is 0.357. The Kier molecular flexibility index (Phi) is 8.70. The molecule has 2 aliphatic heterocycles. The van der Waals surface area contributed by atoms with Crippen molar-refractivity contribution in [2.45, 2.75) is 134 Å². The number of carbonyl (C=O) groups excluding carboxylic acids is 4. The molecule has 3 aliphatic carbocycles. The van der Waals surface area contributed by atoms with Crippen LogP contribution in [0.3, 0.4) is 0 Å². The van der Waals surface area contributed by atoms with E-state index in [0.29, 0.717) is 25.8 Å². The van der Waals surface area contributed by atoms with Crippen molar-refractivity contribution in [2.75, 3.05) is 6.54 Å². The number of alkyl carbamates (subject to hydrolysis) is 1. The molecule has 11 heteroatoms. The summed E-state index contributed by atoms with van der Waals surface area (Å²) in [6, 6.07) is 5.60. The molecular weight excluding hydrogens is 576 g/mol. The number of hydrogen-bond acceptors (Lipinski definition) is 6. The summed E-state index contributed by atoms with van der Waals surface area (Å²) in [6.45, 7) is 10.4. The van der Waals surface area contributed by atoms with Crippen molar-refractivity contribution in [1.29, 1.82) is 0 Å². The van der Waals surface area contributed by atoms with Gasteiger partial charge in [-0.25, -0.2) is 9.59 Å². The minimum atomic E-state index is -1.13. The summed E-state index contributed by atoms with van der Waals surface area (Å²) in [5, 5.41) is 15.8. The summed E-state index contributed by atoms with van der Waals surface area (Å²) >= 11 is 0. The Morgan fingerprint density at radius 3 is 2.27 bits per heavy atom. The van der Waals surface area contributed by atoms with Crippen LogP contribution in [-0.4, -0.2) is 80.0 Å². The fraction of sp³-hybridized carbons (Fsp3) is 0.676. The van der Waals surface area contributed by atoms with E-state index in [1.165, 1.54) is 4.90 Å². The number of carboxylic acids is 1. The zero-order valence-corrected chi connectivity index (χ0v) is 27.2. The van der Waals surface area contributed by atoms with E-state index in [-0.39, 0.29) is 60.5 Å². The molecule has 2 heterocycles. The van der Waals surface area contributed by atoms with Gasteiger partial charge in [-0.1, -0.05) is 24.3 Å². The lowest BCUT2D eigenvalue weighted by Crippen LogP contribution is -2.76. The fourth-order valence-corrected chi connectivity index (χ4v) is 8.01. The molecule has 1 aromatic carbocycles. The first kappa shape index (κ1) is 32.8. The Hall–Kier alpha value is -3.63. The first-order valence-electron chi connectivity index (χ1n) is 16.2. The summed E-state index contributed by atoms with van der Waals surface area (Å²) < 4.78 is 5.38. The Morgan fingerprint density at radius 2 is 1.64 bits per heavy atom. The van der Waals surface area contributed by atoms with Crippen molar-refractivity contribution in [2.24, 2.45) is 5.41 Å². The maximum atomic E-state index is 13.7. The van der Waals surface area contributed by atoms with Gasteiger partial charge in [0.05, 0.1) is 0 Å². The number of carboxylic acid groups (broad SMARTS) is 1. The zero-order valence-electron chi connectivity index (χ0n) is 27.2. The molecular formula is C34H48N4O7. The fourth-order valence-electron chi connectivity index (χ4n) is 8.01. The average molecular weight is 625 g/mol. The van der Waals surface area contributed by atoms with E-state index in [1.54, 1.807) is 20.8 Å². The minimum absolute atomic E-state index is 0.0183. The van der Waals surface area contributed by atoms with Crippen LogP contribution in [0.5, 0.6) is 0 Å². The number of nitrogens with zero attached hydrogens (tertiary/aromatic N) is 2. The van der Waals surface area contributed by atoms with Crippen LogP contribution in [-0.2, 0) is 36.9 Å². The van der Waals surface area contributed by atoms with Gasteiger partial charge in [-0.3, -0.25) is 14.4 Å². The Labute approximate surface area is 265 Å². The number of benzene rings is 1. The predicted molar refractivity (Wildman–Crippen MR) is 166 cm³/mol. The van der Waals surface area contributed by atoms with Crippen molar-refractivity contribution >= 4 is 29.8 Å². The van der Waals surface area contributed by atoms with E-state index in [0.717, 1.165) is 30.4 Å². The molecule has 2 bridgehead atoms. The SMILES string of the molecule is CC(C)(C)OC(=O)NC12CC(CC(NC(=O)C3Cc4ccccc4CN3C(=O)CCC(=O)N3CCCCC3(C)C)C(=O)O)(C1)C2. The van der Waals surface area contributed by atoms with E-state index in [2.05, 4.69) is 24.5 Å². The topological polar surface area (TPSA) is 145 Å². The number of likely N-dealkylation sites (tertiary alicyclic amines) is 1. The highest BCUT2D eigenvalue weighted by molar-refractivity contribution is 5.92. The molecule has 2 unspecified atom stereocenters. The van der Waals surface area contributed by atoms with E-state index in [1.807, 2.05) is 29.2 Å². The lowest BCUT2D eigenvalue weighted by atomic mass is 9.38. The number of carbonyl (C=O) groups is 5. The number of fused-ring (bicyclic) bond motifs is 1. The molecule has 3 saturated carbocycles. The summed E-state index contributed by atoms with van der Waals surface area (Å²) in [4.78, 5) is 68.5. The molecule has 0 spiro atoms. The van der Waals surface area contributed by atoms with Gasteiger partial charge < -0.3 is 30.3 Å². The summed E-state index contributed by atoms with van der Waals surface area (Å²) in [7, 11) is 0. The normalized spacial score (nSPS) is 27.2. The van der Waals surface area contributed by atoms with Gasteiger partial charge in [0.1, 0.15) is 17.7 Å². The maximum absolute atomic E-state index is 13.7. The highest BCUT2D eigenvalue weighted by Crippen LogP contribution is 2.69. The van der Waals surface area contributed by atoms with Crippen molar-refractivity contribution in [1.82, 2.24) is 20.4 Å². The summed E-state index contributed by atoms with van der Waals surface area (Å²) in [5.74, 6) is -2.00. The van der Waals surface area contributed by atoms with Crippen molar-refractivity contribution in [3.8, 4) is 0 Å². The van der Waals surface area contributed by atoms with Crippen molar-refractivity contribution < 1.29 is 33.8 Å². The lowest BCUT2D eigenvalue weighted by Gasteiger charge is -2.71. The Bertz CT molecular complexity index is 1350. The molecule has 5 aliphatic rings. The van der Waals surface area contributed by atoms with E-state index >= 15 is 0 Å². The third-order valence-electron chi connectivity index (χ3n) is 10.0. The first-order chi connectivity index (χ1) is 21.0. The van der Waals surface area contributed by atoms with E-state index in [4.69, 9.17) is 4.74 Å². The van der Waals surface area contributed by atoms with Crippen LogP contribution in [0.1, 0.15) is 104 Å². The molecule has 45 heavy (non-hydrogen) atoms. The largest absolute Gasteiger partial charge is 0.480 e. The van der Waals surface area contributed by atoms with Gasteiger partial charge >= 0.3 is 12.1 Å². The third-order valence-corrected chi connectivity index (χ3v) is 10.0. The van der Waals surface area contributed by atoms with Gasteiger partial charge in [0.15, 0.2) is 0 Å². The molecule has 0 radical (unpaired) electrons. The molecule has 246 valence electrons. The number of hydrogen-bond donors (Lipinski definition) is 3. The van der Waals surface area contributed by atoms with Gasteiger partial charge in [0.25, 0.3) is 0 Å².